The summed E-state index contributed by atoms with van der Waals surface area (Å²) < 4.78 is 29.5. The molecule has 116 valence electrons. The van der Waals surface area contributed by atoms with Crippen LogP contribution in [-0.2, 0) is 10.0 Å². The van der Waals surface area contributed by atoms with E-state index in [0.29, 0.717) is 11.4 Å². The van der Waals surface area contributed by atoms with Crippen molar-refractivity contribution in [3.63, 3.8) is 0 Å². The number of nitrogens with zero attached hydrogens (tertiary/aromatic N) is 2. The first-order valence-electron chi connectivity index (χ1n) is 6.62. The highest BCUT2D eigenvalue weighted by atomic mass is 32.2. The predicted molar refractivity (Wildman–Crippen MR) is 89.9 cm³/mol. The average molecular weight is 318 g/mol. The maximum Gasteiger partial charge on any atom is 0.231 e. The van der Waals surface area contributed by atoms with Gasteiger partial charge in [0.25, 0.3) is 0 Å². The van der Waals surface area contributed by atoms with E-state index in [1.807, 2.05) is 30.3 Å². The molecule has 0 saturated heterocycles. The molecule has 6 heteroatoms. The van der Waals surface area contributed by atoms with Gasteiger partial charge in [-0.25, -0.2) is 8.42 Å². The minimum atomic E-state index is -3.28. The van der Waals surface area contributed by atoms with Crippen molar-refractivity contribution in [2.45, 2.75) is 0 Å². The number of methoxy groups -OCH3 is 1. The highest BCUT2D eigenvalue weighted by Gasteiger charge is 2.11. The molecule has 2 aromatic rings. The van der Waals surface area contributed by atoms with E-state index in [2.05, 4.69) is 4.99 Å². The van der Waals surface area contributed by atoms with Gasteiger partial charge < -0.3 is 4.74 Å². The second-order valence-electron chi connectivity index (χ2n) is 4.79. The lowest BCUT2D eigenvalue weighted by molar-refractivity contribution is 0.415. The standard InChI is InChI=1S/C16H18N2O3S/c1-18(22(3,19)20)15-8-5-7-14(11-15)17-12-13-6-4-9-16(10-13)21-2/h4-12H,1-3H3. The average Bonchev–Trinajstić information content (AvgIpc) is 2.52. The Morgan fingerprint density at radius 3 is 2.55 bits per heavy atom. The fourth-order valence-corrected chi connectivity index (χ4v) is 2.33. The zero-order valence-electron chi connectivity index (χ0n) is 12.7. The Hall–Kier alpha value is -2.34. The van der Waals surface area contributed by atoms with Crippen LogP contribution in [0.2, 0.25) is 0 Å². The molecule has 0 unspecified atom stereocenters. The summed E-state index contributed by atoms with van der Waals surface area (Å²) in [5, 5.41) is 0. The van der Waals surface area contributed by atoms with Crippen LogP contribution in [0.25, 0.3) is 0 Å². The maximum absolute atomic E-state index is 11.6. The summed E-state index contributed by atoms with van der Waals surface area (Å²) >= 11 is 0. The van der Waals surface area contributed by atoms with Crippen LogP contribution in [0.3, 0.4) is 0 Å². The zero-order chi connectivity index (χ0) is 16.2. The van der Waals surface area contributed by atoms with Crippen LogP contribution in [0, 0.1) is 0 Å². The lowest BCUT2D eigenvalue weighted by Gasteiger charge is -2.16. The normalized spacial score (nSPS) is 11.6. The third kappa shape index (κ3) is 4.08. The molecular weight excluding hydrogens is 300 g/mol. The molecule has 2 aromatic carbocycles. The van der Waals surface area contributed by atoms with Gasteiger partial charge in [-0.15, -0.1) is 0 Å². The van der Waals surface area contributed by atoms with Crippen LogP contribution >= 0.6 is 0 Å². The molecule has 0 fully saturated rings. The molecule has 0 aliphatic carbocycles. The molecule has 0 N–H and O–H groups in total. The molecule has 0 amide bonds. The van der Waals surface area contributed by atoms with Crippen LogP contribution in [0.15, 0.2) is 53.5 Å². The Labute approximate surface area is 130 Å². The number of aliphatic imine (C=N–C) groups is 1. The molecule has 0 atom stereocenters. The quantitative estimate of drug-likeness (QED) is 0.797. The molecular formula is C16H18N2O3S. The van der Waals surface area contributed by atoms with Crippen LogP contribution in [0.5, 0.6) is 5.75 Å². The molecule has 0 bridgehead atoms. The third-order valence-corrected chi connectivity index (χ3v) is 4.35. The predicted octanol–water partition coefficient (Wildman–Crippen LogP) is 2.84. The van der Waals surface area contributed by atoms with Gasteiger partial charge in [0.15, 0.2) is 0 Å². The molecule has 0 aliphatic heterocycles. The summed E-state index contributed by atoms with van der Waals surface area (Å²) in [5.41, 5.74) is 2.15. The third-order valence-electron chi connectivity index (χ3n) is 3.15. The summed E-state index contributed by atoms with van der Waals surface area (Å²) in [6.45, 7) is 0. The van der Waals surface area contributed by atoms with E-state index in [0.717, 1.165) is 11.3 Å². The highest BCUT2D eigenvalue weighted by molar-refractivity contribution is 7.92. The van der Waals surface area contributed by atoms with E-state index in [1.165, 1.54) is 17.6 Å². The van der Waals surface area contributed by atoms with Crippen molar-refractivity contribution >= 4 is 27.6 Å². The molecule has 0 saturated carbocycles. The van der Waals surface area contributed by atoms with Gasteiger partial charge in [0, 0.05) is 13.3 Å². The van der Waals surface area contributed by atoms with Gasteiger partial charge in [-0.2, -0.15) is 0 Å². The number of hydrogen-bond donors (Lipinski definition) is 0. The van der Waals surface area contributed by atoms with Gasteiger partial charge in [-0.1, -0.05) is 18.2 Å². The zero-order valence-corrected chi connectivity index (χ0v) is 13.5. The van der Waals surface area contributed by atoms with Gasteiger partial charge in [0.2, 0.25) is 10.0 Å². The first-order valence-corrected chi connectivity index (χ1v) is 8.47. The van der Waals surface area contributed by atoms with Gasteiger partial charge in [0.05, 0.1) is 24.7 Å². The molecule has 0 radical (unpaired) electrons. The van der Waals surface area contributed by atoms with Crippen molar-refractivity contribution in [2.24, 2.45) is 4.99 Å². The molecule has 2 rings (SSSR count). The topological polar surface area (TPSA) is 59.0 Å². The van der Waals surface area contributed by atoms with Crippen molar-refractivity contribution < 1.29 is 13.2 Å². The van der Waals surface area contributed by atoms with Crippen molar-refractivity contribution in [3.05, 3.63) is 54.1 Å². The molecule has 22 heavy (non-hydrogen) atoms. The van der Waals surface area contributed by atoms with Crippen molar-refractivity contribution in [1.29, 1.82) is 0 Å². The van der Waals surface area contributed by atoms with E-state index in [4.69, 9.17) is 4.74 Å². The summed E-state index contributed by atoms with van der Waals surface area (Å²) in [6, 6.07) is 14.6. The molecule has 0 heterocycles. The minimum absolute atomic E-state index is 0.572. The van der Waals surface area contributed by atoms with Crippen LogP contribution in [0.4, 0.5) is 11.4 Å². The highest BCUT2D eigenvalue weighted by Crippen LogP contribution is 2.22. The first kappa shape index (κ1) is 16.0. The summed E-state index contributed by atoms with van der Waals surface area (Å²) in [5.74, 6) is 0.759. The van der Waals surface area contributed by atoms with Crippen molar-refractivity contribution in [1.82, 2.24) is 0 Å². The summed E-state index contributed by atoms with van der Waals surface area (Å²) in [7, 11) is -0.158. The van der Waals surface area contributed by atoms with Gasteiger partial charge in [-0.05, 0) is 35.9 Å². The van der Waals surface area contributed by atoms with E-state index in [-0.39, 0.29) is 0 Å². The fraction of sp³-hybridized carbons (Fsp3) is 0.188. The lowest BCUT2D eigenvalue weighted by atomic mass is 10.2. The smallest absolute Gasteiger partial charge is 0.231 e. The van der Waals surface area contributed by atoms with E-state index in [9.17, 15) is 8.42 Å². The number of benzene rings is 2. The van der Waals surface area contributed by atoms with Gasteiger partial charge in [0.1, 0.15) is 5.75 Å². The van der Waals surface area contributed by atoms with Crippen LogP contribution < -0.4 is 9.04 Å². The summed E-state index contributed by atoms with van der Waals surface area (Å²) in [6.07, 6.45) is 2.88. The first-order chi connectivity index (χ1) is 10.4. The van der Waals surface area contributed by atoms with Crippen LogP contribution in [-0.4, -0.2) is 35.0 Å². The Kier molecular flexibility index (Phi) is 4.82. The molecule has 0 aromatic heterocycles. The number of hydrogen-bond acceptors (Lipinski definition) is 4. The summed E-state index contributed by atoms with van der Waals surface area (Å²) in [4.78, 5) is 4.37. The Balaban J connectivity index is 2.25. The Morgan fingerprint density at radius 1 is 1.14 bits per heavy atom. The van der Waals surface area contributed by atoms with E-state index < -0.39 is 10.0 Å². The minimum Gasteiger partial charge on any atom is -0.497 e. The van der Waals surface area contributed by atoms with Crippen molar-refractivity contribution in [2.75, 3.05) is 24.7 Å². The number of rotatable bonds is 5. The lowest BCUT2D eigenvalue weighted by Crippen LogP contribution is -2.24. The number of anilines is 1. The SMILES string of the molecule is COc1cccc(C=Nc2cccc(N(C)S(C)(=O)=O)c2)c1. The Bertz CT molecular complexity index is 785. The van der Waals surface area contributed by atoms with E-state index in [1.54, 1.807) is 31.5 Å². The number of ether oxygens (including phenoxy) is 1. The van der Waals surface area contributed by atoms with Crippen LogP contribution in [0.1, 0.15) is 5.56 Å². The van der Waals surface area contributed by atoms with Crippen molar-refractivity contribution in [3.8, 4) is 5.75 Å². The van der Waals surface area contributed by atoms with E-state index >= 15 is 0 Å². The second kappa shape index (κ2) is 6.62. The monoisotopic (exact) mass is 318 g/mol. The van der Waals surface area contributed by atoms with Gasteiger partial charge >= 0.3 is 0 Å². The largest absolute Gasteiger partial charge is 0.497 e. The second-order valence-corrected chi connectivity index (χ2v) is 6.80. The fourth-order valence-electron chi connectivity index (χ4n) is 1.83. The molecule has 5 nitrogen and oxygen atoms in total. The molecule has 0 spiro atoms. The number of sulfonamides is 1. The Morgan fingerprint density at radius 2 is 1.86 bits per heavy atom. The van der Waals surface area contributed by atoms with Gasteiger partial charge in [-0.3, -0.25) is 9.30 Å². The maximum atomic E-state index is 11.6. The molecule has 0 aliphatic rings.